The van der Waals surface area contributed by atoms with Gasteiger partial charge in [-0.3, -0.25) is 9.88 Å². The molecule has 0 radical (unpaired) electrons. The molecule has 2 aliphatic heterocycles. The molecule has 2 N–H and O–H groups in total. The summed E-state index contributed by atoms with van der Waals surface area (Å²) in [6, 6.07) is 4.37. The summed E-state index contributed by atoms with van der Waals surface area (Å²) in [5.74, 6) is 1.81. The molecule has 4 rings (SSSR count). The van der Waals surface area contributed by atoms with Crippen LogP contribution in [-0.4, -0.2) is 71.0 Å². The van der Waals surface area contributed by atoms with Crippen molar-refractivity contribution in [2.24, 2.45) is 0 Å². The number of allylic oxidation sites excluding steroid dienone is 1. The molecular formula is C19H24N6O. The summed E-state index contributed by atoms with van der Waals surface area (Å²) in [6.07, 6.45) is 7.23. The fourth-order valence-corrected chi connectivity index (χ4v) is 3.31. The van der Waals surface area contributed by atoms with Crippen LogP contribution in [0, 0.1) is 12.3 Å². The summed E-state index contributed by atoms with van der Waals surface area (Å²) in [4.78, 5) is 16.8. The normalized spacial score (nSPS) is 19.0. The lowest BCUT2D eigenvalue weighted by atomic mass is 10.1. The summed E-state index contributed by atoms with van der Waals surface area (Å²) in [6.45, 7) is 7.79. The lowest BCUT2D eigenvalue weighted by molar-refractivity contribution is -0.0660. The number of aryl methyl sites for hydroxylation is 1. The Balaban J connectivity index is 1.35. The number of pyridine rings is 1. The highest BCUT2D eigenvalue weighted by Gasteiger charge is 2.29. The number of aromatic amines is 1. The smallest absolute Gasteiger partial charge is 0.131 e. The number of nitrogens with one attached hydrogen (secondary N) is 2. The maximum Gasteiger partial charge on any atom is 0.131 e. The van der Waals surface area contributed by atoms with Crippen molar-refractivity contribution in [1.29, 1.82) is 5.41 Å². The first-order chi connectivity index (χ1) is 12.7. The molecule has 7 heteroatoms. The first kappa shape index (κ1) is 16.9. The third-order valence-corrected chi connectivity index (χ3v) is 4.99. The molecule has 0 aliphatic carbocycles. The Bertz CT molecular complexity index is 802. The van der Waals surface area contributed by atoms with Crippen LogP contribution >= 0.6 is 0 Å². The van der Waals surface area contributed by atoms with Crippen LogP contribution in [0.2, 0.25) is 0 Å². The van der Waals surface area contributed by atoms with Gasteiger partial charge in [-0.15, -0.1) is 0 Å². The molecular weight excluding hydrogens is 328 g/mol. The Morgan fingerprint density at radius 1 is 1.27 bits per heavy atom. The molecule has 0 saturated carbocycles. The molecule has 0 bridgehead atoms. The van der Waals surface area contributed by atoms with Crippen molar-refractivity contribution in [2.45, 2.75) is 13.0 Å². The van der Waals surface area contributed by atoms with Gasteiger partial charge in [-0.05, 0) is 31.2 Å². The molecule has 2 aliphatic rings. The molecule has 2 saturated heterocycles. The largest absolute Gasteiger partial charge is 0.378 e. The zero-order valence-corrected chi connectivity index (χ0v) is 15.0. The zero-order chi connectivity index (χ0) is 17.9. The number of anilines is 1. The van der Waals surface area contributed by atoms with E-state index in [0.717, 1.165) is 62.3 Å². The van der Waals surface area contributed by atoms with Crippen molar-refractivity contribution in [3.63, 3.8) is 0 Å². The molecule has 2 aromatic rings. The van der Waals surface area contributed by atoms with Crippen molar-refractivity contribution in [2.75, 3.05) is 44.3 Å². The minimum Gasteiger partial charge on any atom is -0.378 e. The predicted octanol–water partition coefficient (Wildman–Crippen LogP) is 1.72. The van der Waals surface area contributed by atoms with Crippen molar-refractivity contribution >= 4 is 17.6 Å². The van der Waals surface area contributed by atoms with E-state index in [2.05, 4.69) is 24.8 Å². The van der Waals surface area contributed by atoms with Crippen molar-refractivity contribution < 1.29 is 4.74 Å². The second-order valence-electron chi connectivity index (χ2n) is 6.80. The molecule has 0 spiro atoms. The maximum atomic E-state index is 8.18. The molecule has 4 heterocycles. The lowest BCUT2D eigenvalue weighted by Gasteiger charge is -2.42. The number of aromatic nitrogens is 3. The highest BCUT2D eigenvalue weighted by Crippen LogP contribution is 2.18. The number of ether oxygens (including phenoxy) is 1. The average Bonchev–Trinajstić information content (AvgIpc) is 3.08. The van der Waals surface area contributed by atoms with Crippen LogP contribution in [0.1, 0.15) is 17.1 Å². The van der Waals surface area contributed by atoms with Crippen molar-refractivity contribution in [3.05, 3.63) is 47.7 Å². The van der Waals surface area contributed by atoms with Gasteiger partial charge in [-0.25, -0.2) is 4.98 Å². The summed E-state index contributed by atoms with van der Waals surface area (Å²) in [5.41, 5.74) is 2.22. The number of hydrogen-bond acceptors (Lipinski definition) is 6. The van der Waals surface area contributed by atoms with Gasteiger partial charge in [-0.1, -0.05) is 0 Å². The highest BCUT2D eigenvalue weighted by molar-refractivity contribution is 6.08. The molecule has 7 nitrogen and oxygen atoms in total. The van der Waals surface area contributed by atoms with Crippen LogP contribution < -0.4 is 4.90 Å². The molecule has 2 fully saturated rings. The van der Waals surface area contributed by atoms with Crippen LogP contribution in [0.25, 0.3) is 6.08 Å². The van der Waals surface area contributed by atoms with E-state index >= 15 is 0 Å². The van der Waals surface area contributed by atoms with E-state index in [1.54, 1.807) is 12.3 Å². The monoisotopic (exact) mass is 352 g/mol. The van der Waals surface area contributed by atoms with E-state index in [1.807, 2.05) is 31.3 Å². The average molecular weight is 352 g/mol. The van der Waals surface area contributed by atoms with Gasteiger partial charge in [0.25, 0.3) is 0 Å². The van der Waals surface area contributed by atoms with Gasteiger partial charge < -0.3 is 20.0 Å². The van der Waals surface area contributed by atoms with Gasteiger partial charge in [0.15, 0.2) is 0 Å². The minimum atomic E-state index is 0.449. The van der Waals surface area contributed by atoms with Gasteiger partial charge in [-0.2, -0.15) is 0 Å². The molecule has 26 heavy (non-hydrogen) atoms. The number of nitrogens with zero attached hydrogens (tertiary/aromatic N) is 4. The van der Waals surface area contributed by atoms with Crippen LogP contribution in [0.3, 0.4) is 0 Å². The van der Waals surface area contributed by atoms with Crippen LogP contribution in [0.4, 0.5) is 5.82 Å². The van der Waals surface area contributed by atoms with Crippen molar-refractivity contribution in [1.82, 2.24) is 19.9 Å². The molecule has 0 unspecified atom stereocenters. The molecule has 2 aromatic heterocycles. The van der Waals surface area contributed by atoms with E-state index in [4.69, 9.17) is 10.1 Å². The summed E-state index contributed by atoms with van der Waals surface area (Å²) >= 11 is 0. The second-order valence-corrected chi connectivity index (χ2v) is 6.80. The number of H-pyrrole nitrogens is 1. The number of hydrogen-bond donors (Lipinski definition) is 2. The first-order valence-corrected chi connectivity index (χ1v) is 9.00. The maximum absolute atomic E-state index is 8.18. The van der Waals surface area contributed by atoms with Gasteiger partial charge in [0, 0.05) is 43.6 Å². The van der Waals surface area contributed by atoms with Crippen LogP contribution in [-0.2, 0) is 4.74 Å². The van der Waals surface area contributed by atoms with Gasteiger partial charge >= 0.3 is 0 Å². The fraction of sp³-hybridized carbons (Fsp3) is 0.421. The van der Waals surface area contributed by atoms with Crippen molar-refractivity contribution in [3.8, 4) is 0 Å². The van der Waals surface area contributed by atoms with E-state index in [-0.39, 0.29) is 0 Å². The molecule has 0 amide bonds. The Morgan fingerprint density at radius 3 is 2.77 bits per heavy atom. The number of rotatable bonds is 5. The Morgan fingerprint density at radius 2 is 2.08 bits per heavy atom. The standard InChI is InChI=1S/C19H24N6O/c1-14-10-15(4-5-21-14)17(20)2-3-18-22-11-19(23-18)25-8-6-24(7-9-25)16-12-26-13-16/h2-5,10-11,16,20H,6-9,12-13H2,1H3,(H,22,23)/b3-2-,20-17?. The Kier molecular flexibility index (Phi) is 4.81. The summed E-state index contributed by atoms with van der Waals surface area (Å²) < 4.78 is 5.29. The highest BCUT2D eigenvalue weighted by atomic mass is 16.5. The third kappa shape index (κ3) is 3.68. The van der Waals surface area contributed by atoms with Crippen LogP contribution in [0.15, 0.2) is 30.6 Å². The van der Waals surface area contributed by atoms with Gasteiger partial charge in [0.1, 0.15) is 11.6 Å². The topological polar surface area (TPSA) is 81.1 Å². The zero-order valence-electron chi connectivity index (χ0n) is 15.0. The quantitative estimate of drug-likeness (QED) is 0.801. The van der Waals surface area contributed by atoms with Gasteiger partial charge in [0.2, 0.25) is 0 Å². The minimum absolute atomic E-state index is 0.449. The Labute approximate surface area is 153 Å². The fourth-order valence-electron chi connectivity index (χ4n) is 3.31. The summed E-state index contributed by atoms with van der Waals surface area (Å²) in [7, 11) is 0. The third-order valence-electron chi connectivity index (χ3n) is 4.99. The van der Waals surface area contributed by atoms with E-state index in [0.29, 0.717) is 11.8 Å². The van der Waals surface area contributed by atoms with E-state index < -0.39 is 0 Å². The molecule has 0 aromatic carbocycles. The van der Waals surface area contributed by atoms with E-state index in [1.165, 1.54) is 0 Å². The number of piperazine rings is 1. The van der Waals surface area contributed by atoms with Crippen LogP contribution in [0.5, 0.6) is 0 Å². The van der Waals surface area contributed by atoms with E-state index in [9.17, 15) is 0 Å². The second kappa shape index (κ2) is 7.39. The predicted molar refractivity (Wildman–Crippen MR) is 102 cm³/mol. The number of imidazole rings is 1. The SMILES string of the molecule is Cc1cc(C(=N)/C=C\c2ncc(N3CCN(C4COC4)CC3)[nH]2)ccn1. The Hall–Kier alpha value is -2.51. The lowest BCUT2D eigenvalue weighted by Crippen LogP contribution is -2.56. The van der Waals surface area contributed by atoms with Gasteiger partial charge in [0.05, 0.1) is 31.2 Å². The molecule has 0 atom stereocenters. The first-order valence-electron chi connectivity index (χ1n) is 9.00. The summed E-state index contributed by atoms with van der Waals surface area (Å²) in [5, 5.41) is 8.18. The molecule has 136 valence electrons.